The van der Waals surface area contributed by atoms with Crippen molar-refractivity contribution in [2.45, 2.75) is 39.0 Å². The quantitative estimate of drug-likeness (QED) is 0.813. The van der Waals surface area contributed by atoms with Gasteiger partial charge in [-0.1, -0.05) is 42.4 Å². The summed E-state index contributed by atoms with van der Waals surface area (Å²) < 4.78 is 5.05. The maximum absolute atomic E-state index is 12.3. The molecule has 0 bridgehead atoms. The third-order valence-corrected chi connectivity index (χ3v) is 4.45. The topological polar surface area (TPSA) is 92.4 Å². The first-order valence-corrected chi connectivity index (χ1v) is 7.88. The van der Waals surface area contributed by atoms with E-state index < -0.39 is 11.4 Å². The maximum Gasteiger partial charge on any atom is 0.315 e. The highest BCUT2D eigenvalue weighted by Crippen LogP contribution is 2.28. The van der Waals surface area contributed by atoms with Crippen molar-refractivity contribution in [1.29, 1.82) is 0 Å². The number of carboxylic acid groups (broad SMARTS) is 1. The first-order chi connectivity index (χ1) is 11.4. The van der Waals surface area contributed by atoms with Gasteiger partial charge in [0.25, 0.3) is 0 Å². The van der Waals surface area contributed by atoms with Crippen molar-refractivity contribution < 1.29 is 19.2 Å². The molecule has 2 N–H and O–H groups in total. The molecule has 1 atom stereocenters. The molecule has 24 heavy (non-hydrogen) atoms. The van der Waals surface area contributed by atoms with E-state index in [1.807, 2.05) is 13.0 Å². The minimum Gasteiger partial charge on any atom is -0.481 e. The molecular weight excluding hydrogens is 308 g/mol. The first kappa shape index (κ1) is 17.7. The summed E-state index contributed by atoms with van der Waals surface area (Å²) >= 11 is 0. The molecule has 1 heterocycles. The van der Waals surface area contributed by atoms with E-state index in [0.29, 0.717) is 23.4 Å². The number of hydrogen-bond acceptors (Lipinski definition) is 4. The van der Waals surface area contributed by atoms with E-state index in [1.165, 1.54) is 0 Å². The van der Waals surface area contributed by atoms with Gasteiger partial charge >= 0.3 is 5.97 Å². The number of benzene rings is 1. The number of aliphatic carboxylic acids is 1. The van der Waals surface area contributed by atoms with Crippen LogP contribution in [-0.2, 0) is 21.4 Å². The zero-order valence-corrected chi connectivity index (χ0v) is 14.1. The van der Waals surface area contributed by atoms with Crippen molar-refractivity contribution in [3.63, 3.8) is 0 Å². The molecule has 2 aromatic rings. The highest BCUT2D eigenvalue weighted by atomic mass is 16.5. The predicted molar refractivity (Wildman–Crippen MR) is 88.7 cm³/mol. The molecule has 1 unspecified atom stereocenters. The molecule has 0 fully saturated rings. The van der Waals surface area contributed by atoms with Crippen LogP contribution < -0.4 is 5.32 Å². The normalized spacial score (nSPS) is 13.3. The van der Waals surface area contributed by atoms with Crippen LogP contribution in [-0.4, -0.2) is 28.7 Å². The first-order valence-electron chi connectivity index (χ1n) is 7.88. The number of amides is 1. The Hall–Kier alpha value is -2.63. The Labute approximate surface area is 140 Å². The van der Waals surface area contributed by atoms with E-state index in [2.05, 4.69) is 10.5 Å². The minimum absolute atomic E-state index is 0.0328. The second kappa shape index (κ2) is 7.29. The van der Waals surface area contributed by atoms with Crippen LogP contribution in [0.25, 0.3) is 0 Å². The number of carboxylic acids is 1. The Morgan fingerprint density at radius 2 is 1.92 bits per heavy atom. The van der Waals surface area contributed by atoms with Gasteiger partial charge in [0.1, 0.15) is 11.2 Å². The maximum atomic E-state index is 12.3. The van der Waals surface area contributed by atoms with Gasteiger partial charge in [0.15, 0.2) is 0 Å². The molecule has 128 valence electrons. The number of nitrogens with zero attached hydrogens (tertiary/aromatic N) is 1. The summed E-state index contributed by atoms with van der Waals surface area (Å²) in [6.07, 6.45) is 0.493. The van der Waals surface area contributed by atoms with Gasteiger partial charge in [0, 0.05) is 12.1 Å². The molecule has 0 aliphatic heterocycles. The highest BCUT2D eigenvalue weighted by Gasteiger charge is 2.39. The molecule has 2 rings (SSSR count). The molecule has 1 aromatic carbocycles. The lowest BCUT2D eigenvalue weighted by Gasteiger charge is -2.29. The molecule has 0 saturated heterocycles. The van der Waals surface area contributed by atoms with E-state index in [9.17, 15) is 14.7 Å². The molecule has 1 aromatic heterocycles. The third kappa shape index (κ3) is 3.48. The summed E-state index contributed by atoms with van der Waals surface area (Å²) in [5.41, 5.74) is 0.948. The van der Waals surface area contributed by atoms with Crippen LogP contribution >= 0.6 is 0 Å². The largest absolute Gasteiger partial charge is 0.481 e. The van der Waals surface area contributed by atoms with Gasteiger partial charge in [0.05, 0.1) is 12.1 Å². The van der Waals surface area contributed by atoms with Gasteiger partial charge in [-0.2, -0.15) is 0 Å². The lowest BCUT2D eigenvalue weighted by molar-refractivity contribution is -0.144. The van der Waals surface area contributed by atoms with Gasteiger partial charge in [0.2, 0.25) is 5.91 Å². The smallest absolute Gasteiger partial charge is 0.315 e. The number of nitrogens with one attached hydrogen (secondary N) is 1. The van der Waals surface area contributed by atoms with Crippen LogP contribution in [0, 0.1) is 13.8 Å². The van der Waals surface area contributed by atoms with E-state index in [1.54, 1.807) is 38.1 Å². The van der Waals surface area contributed by atoms with Crippen molar-refractivity contribution in [2.75, 3.05) is 6.54 Å². The average Bonchev–Trinajstić information content (AvgIpc) is 2.88. The van der Waals surface area contributed by atoms with E-state index in [-0.39, 0.29) is 18.9 Å². The summed E-state index contributed by atoms with van der Waals surface area (Å²) in [5.74, 6) is -0.598. The molecule has 0 aliphatic rings. The summed E-state index contributed by atoms with van der Waals surface area (Å²) in [5, 5.41) is 16.3. The number of hydrogen-bond donors (Lipinski definition) is 2. The molecule has 0 aliphatic carbocycles. The van der Waals surface area contributed by atoms with Gasteiger partial charge in [-0.3, -0.25) is 9.59 Å². The summed E-state index contributed by atoms with van der Waals surface area (Å²) in [7, 11) is 0. The minimum atomic E-state index is -1.14. The van der Waals surface area contributed by atoms with Crippen LogP contribution in [0.5, 0.6) is 0 Å². The lowest BCUT2D eigenvalue weighted by atomic mass is 9.78. The Morgan fingerprint density at radius 1 is 1.25 bits per heavy atom. The highest BCUT2D eigenvalue weighted by molar-refractivity contribution is 5.84. The van der Waals surface area contributed by atoms with Gasteiger partial charge in [-0.15, -0.1) is 0 Å². The van der Waals surface area contributed by atoms with Crippen molar-refractivity contribution in [1.82, 2.24) is 10.5 Å². The standard InChI is InChI=1S/C18H22N2O4/c1-4-18(17(22)23,14-8-6-5-7-9-14)11-19-16(21)10-15-12(2)20-24-13(15)3/h5-9H,4,10-11H2,1-3H3,(H,19,21)(H,22,23). The van der Waals surface area contributed by atoms with Gasteiger partial charge < -0.3 is 14.9 Å². The van der Waals surface area contributed by atoms with Crippen LogP contribution in [0.4, 0.5) is 0 Å². The Bertz CT molecular complexity index is 704. The van der Waals surface area contributed by atoms with Crippen LogP contribution in [0.1, 0.15) is 35.9 Å². The fraction of sp³-hybridized carbons (Fsp3) is 0.389. The van der Waals surface area contributed by atoms with E-state index >= 15 is 0 Å². The number of aromatic nitrogens is 1. The molecule has 6 heteroatoms. The van der Waals surface area contributed by atoms with Crippen LogP contribution in [0.15, 0.2) is 34.9 Å². The molecule has 0 radical (unpaired) electrons. The van der Waals surface area contributed by atoms with Crippen molar-refractivity contribution in [3.05, 3.63) is 52.9 Å². The average molecular weight is 330 g/mol. The summed E-state index contributed by atoms with van der Waals surface area (Å²) in [6.45, 7) is 5.36. The number of carbonyl (C=O) groups is 2. The second-order valence-electron chi connectivity index (χ2n) is 5.86. The Kier molecular flexibility index (Phi) is 5.39. The van der Waals surface area contributed by atoms with Crippen LogP contribution in [0.3, 0.4) is 0 Å². The van der Waals surface area contributed by atoms with E-state index in [4.69, 9.17) is 4.52 Å². The van der Waals surface area contributed by atoms with E-state index in [0.717, 1.165) is 5.56 Å². The van der Waals surface area contributed by atoms with Gasteiger partial charge in [-0.05, 0) is 25.8 Å². The molecule has 0 saturated carbocycles. The Balaban J connectivity index is 2.14. The molecule has 1 amide bonds. The SMILES string of the molecule is CCC(CNC(=O)Cc1c(C)noc1C)(C(=O)O)c1ccccc1. The monoisotopic (exact) mass is 330 g/mol. The Morgan fingerprint density at radius 3 is 2.42 bits per heavy atom. The number of carbonyl (C=O) groups excluding carboxylic acids is 1. The molecular formula is C18H22N2O4. The zero-order chi connectivity index (χ0) is 17.7. The summed E-state index contributed by atoms with van der Waals surface area (Å²) in [4.78, 5) is 24.2. The van der Waals surface area contributed by atoms with Crippen molar-refractivity contribution >= 4 is 11.9 Å². The van der Waals surface area contributed by atoms with Crippen molar-refractivity contribution in [2.24, 2.45) is 0 Å². The third-order valence-electron chi connectivity index (χ3n) is 4.45. The molecule has 6 nitrogen and oxygen atoms in total. The summed E-state index contributed by atoms with van der Waals surface area (Å²) in [6, 6.07) is 8.99. The lowest BCUT2D eigenvalue weighted by Crippen LogP contribution is -2.46. The second-order valence-corrected chi connectivity index (χ2v) is 5.86. The van der Waals surface area contributed by atoms with Crippen LogP contribution in [0.2, 0.25) is 0 Å². The van der Waals surface area contributed by atoms with Gasteiger partial charge in [-0.25, -0.2) is 0 Å². The number of aryl methyl sites for hydroxylation is 2. The predicted octanol–water partition coefficient (Wildman–Crippen LogP) is 2.38. The fourth-order valence-electron chi connectivity index (χ4n) is 2.77. The fourth-order valence-corrected chi connectivity index (χ4v) is 2.77. The number of rotatable bonds is 7. The van der Waals surface area contributed by atoms with Crippen molar-refractivity contribution in [3.8, 4) is 0 Å². The molecule has 0 spiro atoms. The zero-order valence-electron chi connectivity index (χ0n) is 14.1.